The predicted octanol–water partition coefficient (Wildman–Crippen LogP) is 2.84. The van der Waals surface area contributed by atoms with Crippen LogP contribution in [0.4, 0.5) is 5.82 Å². The van der Waals surface area contributed by atoms with Crippen molar-refractivity contribution in [2.24, 2.45) is 5.73 Å². The molecule has 1 aromatic heterocycles. The molecular formula is C16H26N4. The molecule has 0 aromatic carbocycles. The molecule has 0 amide bonds. The fourth-order valence-corrected chi connectivity index (χ4v) is 3.31. The summed E-state index contributed by atoms with van der Waals surface area (Å²) < 4.78 is 0. The maximum atomic E-state index is 5.89. The maximum Gasteiger partial charge on any atom is 0.132 e. The first-order chi connectivity index (χ1) is 9.83. The second kappa shape index (κ2) is 6.53. The molecule has 0 bridgehead atoms. The van der Waals surface area contributed by atoms with Gasteiger partial charge in [0.1, 0.15) is 12.1 Å². The molecule has 0 atom stereocenters. The highest BCUT2D eigenvalue weighted by Crippen LogP contribution is 2.35. The quantitative estimate of drug-likeness (QED) is 0.901. The number of anilines is 1. The highest BCUT2D eigenvalue weighted by Gasteiger charge is 2.28. The Hall–Kier alpha value is -1.16. The standard InChI is InChI=1S/C16H26N4/c17-14-9-13(10-14)15-11-16(19-12-18-15)20-7-5-3-1-2-4-6-8-20/h11-14H,1-10,17H2. The number of nitrogens with zero attached hydrogens (tertiary/aromatic N) is 3. The average molecular weight is 274 g/mol. The van der Waals surface area contributed by atoms with Gasteiger partial charge in [0, 0.05) is 36.8 Å². The highest BCUT2D eigenvalue weighted by molar-refractivity contribution is 5.40. The second-order valence-electron chi connectivity index (χ2n) is 6.34. The lowest BCUT2D eigenvalue weighted by molar-refractivity contribution is 0.345. The largest absolute Gasteiger partial charge is 0.357 e. The molecule has 4 nitrogen and oxygen atoms in total. The molecule has 110 valence electrons. The van der Waals surface area contributed by atoms with E-state index in [4.69, 9.17) is 5.73 Å². The molecule has 4 heteroatoms. The van der Waals surface area contributed by atoms with Gasteiger partial charge in [0.2, 0.25) is 0 Å². The van der Waals surface area contributed by atoms with Gasteiger partial charge in [0.25, 0.3) is 0 Å². The first-order valence-corrected chi connectivity index (χ1v) is 8.15. The number of rotatable bonds is 2. The number of nitrogens with two attached hydrogens (primary N) is 1. The molecule has 0 radical (unpaired) electrons. The van der Waals surface area contributed by atoms with Crippen molar-refractivity contribution in [2.75, 3.05) is 18.0 Å². The van der Waals surface area contributed by atoms with Gasteiger partial charge in [0.15, 0.2) is 0 Å². The first kappa shape index (κ1) is 13.8. The highest BCUT2D eigenvalue weighted by atomic mass is 15.2. The van der Waals surface area contributed by atoms with Gasteiger partial charge in [-0.3, -0.25) is 0 Å². The summed E-state index contributed by atoms with van der Waals surface area (Å²) in [6.07, 6.45) is 12.0. The zero-order chi connectivity index (χ0) is 13.8. The van der Waals surface area contributed by atoms with Crippen LogP contribution in [0.1, 0.15) is 63.0 Å². The molecule has 2 fully saturated rings. The summed E-state index contributed by atoms with van der Waals surface area (Å²) in [6.45, 7) is 2.28. The van der Waals surface area contributed by atoms with Crippen LogP contribution in [0.5, 0.6) is 0 Å². The van der Waals surface area contributed by atoms with Gasteiger partial charge >= 0.3 is 0 Å². The van der Waals surface area contributed by atoms with E-state index >= 15 is 0 Å². The summed E-state index contributed by atoms with van der Waals surface area (Å²) in [5.74, 6) is 1.68. The fourth-order valence-electron chi connectivity index (χ4n) is 3.31. The summed E-state index contributed by atoms with van der Waals surface area (Å²) in [7, 11) is 0. The van der Waals surface area contributed by atoms with Crippen LogP contribution in [0.25, 0.3) is 0 Å². The maximum absolute atomic E-state index is 5.89. The van der Waals surface area contributed by atoms with Crippen LogP contribution in [0.15, 0.2) is 12.4 Å². The van der Waals surface area contributed by atoms with E-state index in [1.165, 1.54) is 44.2 Å². The molecule has 0 unspecified atom stereocenters. The van der Waals surface area contributed by atoms with Crippen molar-refractivity contribution in [1.29, 1.82) is 0 Å². The lowest BCUT2D eigenvalue weighted by atomic mass is 9.78. The zero-order valence-corrected chi connectivity index (χ0v) is 12.3. The summed E-state index contributed by atoms with van der Waals surface area (Å²) in [6, 6.07) is 2.58. The normalized spacial score (nSPS) is 28.1. The Morgan fingerprint density at radius 2 is 1.60 bits per heavy atom. The molecule has 3 rings (SSSR count). The molecule has 1 aliphatic heterocycles. The molecule has 1 aromatic rings. The molecule has 1 saturated heterocycles. The minimum atomic E-state index is 0.378. The molecule has 20 heavy (non-hydrogen) atoms. The lowest BCUT2D eigenvalue weighted by Crippen LogP contribution is -2.35. The molecule has 1 saturated carbocycles. The van der Waals surface area contributed by atoms with Gasteiger partial charge in [-0.2, -0.15) is 0 Å². The minimum Gasteiger partial charge on any atom is -0.357 e. The second-order valence-corrected chi connectivity index (χ2v) is 6.34. The van der Waals surface area contributed by atoms with Crippen molar-refractivity contribution in [3.63, 3.8) is 0 Å². The van der Waals surface area contributed by atoms with Crippen LogP contribution in [-0.2, 0) is 0 Å². The van der Waals surface area contributed by atoms with E-state index < -0.39 is 0 Å². The summed E-state index contributed by atoms with van der Waals surface area (Å²) in [5.41, 5.74) is 7.08. The van der Waals surface area contributed by atoms with E-state index in [-0.39, 0.29) is 0 Å². The first-order valence-electron chi connectivity index (χ1n) is 8.15. The van der Waals surface area contributed by atoms with Crippen molar-refractivity contribution < 1.29 is 0 Å². The number of hydrogen-bond acceptors (Lipinski definition) is 4. The van der Waals surface area contributed by atoms with Crippen LogP contribution >= 0.6 is 0 Å². The summed E-state index contributed by atoms with van der Waals surface area (Å²) in [5, 5.41) is 0. The van der Waals surface area contributed by atoms with Gasteiger partial charge in [-0.1, -0.05) is 25.7 Å². The molecular weight excluding hydrogens is 248 g/mol. The van der Waals surface area contributed by atoms with Crippen molar-refractivity contribution in [1.82, 2.24) is 9.97 Å². The van der Waals surface area contributed by atoms with Crippen LogP contribution in [0.2, 0.25) is 0 Å². The average Bonchev–Trinajstić information content (AvgIpc) is 2.57. The third-order valence-electron chi connectivity index (χ3n) is 4.70. The van der Waals surface area contributed by atoms with Crippen LogP contribution in [0.3, 0.4) is 0 Å². The van der Waals surface area contributed by atoms with E-state index in [1.54, 1.807) is 6.33 Å². The minimum absolute atomic E-state index is 0.378. The molecule has 2 heterocycles. The van der Waals surface area contributed by atoms with Gasteiger partial charge in [0.05, 0.1) is 0 Å². The molecule has 1 aliphatic carbocycles. The van der Waals surface area contributed by atoms with Crippen molar-refractivity contribution >= 4 is 5.82 Å². The lowest BCUT2D eigenvalue weighted by Gasteiger charge is -2.32. The van der Waals surface area contributed by atoms with Gasteiger partial charge < -0.3 is 10.6 Å². The van der Waals surface area contributed by atoms with Gasteiger partial charge in [-0.15, -0.1) is 0 Å². The Morgan fingerprint density at radius 3 is 2.25 bits per heavy atom. The smallest absolute Gasteiger partial charge is 0.132 e. The Bertz CT molecular complexity index is 418. The van der Waals surface area contributed by atoms with E-state index in [2.05, 4.69) is 20.9 Å². The van der Waals surface area contributed by atoms with E-state index in [1.807, 2.05) is 0 Å². The van der Waals surface area contributed by atoms with Crippen LogP contribution in [0, 0.1) is 0 Å². The monoisotopic (exact) mass is 274 g/mol. The van der Waals surface area contributed by atoms with Gasteiger partial charge in [-0.25, -0.2) is 9.97 Å². The molecule has 2 N–H and O–H groups in total. The van der Waals surface area contributed by atoms with Crippen molar-refractivity contribution in [2.45, 2.75) is 63.3 Å². The predicted molar refractivity (Wildman–Crippen MR) is 81.9 cm³/mol. The SMILES string of the molecule is NC1CC(c2cc(N3CCCCCCCC3)ncn2)C1. The fraction of sp³-hybridized carbons (Fsp3) is 0.750. The Balaban J connectivity index is 1.69. The van der Waals surface area contributed by atoms with Gasteiger partial charge in [-0.05, 0) is 25.7 Å². The van der Waals surface area contributed by atoms with Crippen LogP contribution < -0.4 is 10.6 Å². The third-order valence-corrected chi connectivity index (χ3v) is 4.70. The van der Waals surface area contributed by atoms with E-state index in [0.717, 1.165) is 31.7 Å². The Labute approximate surface area is 121 Å². The van der Waals surface area contributed by atoms with E-state index in [9.17, 15) is 0 Å². The summed E-state index contributed by atoms with van der Waals surface area (Å²) >= 11 is 0. The number of aromatic nitrogens is 2. The Kier molecular flexibility index (Phi) is 4.51. The van der Waals surface area contributed by atoms with Crippen molar-refractivity contribution in [3.8, 4) is 0 Å². The molecule has 2 aliphatic rings. The third kappa shape index (κ3) is 3.29. The summed E-state index contributed by atoms with van der Waals surface area (Å²) in [4.78, 5) is 11.4. The van der Waals surface area contributed by atoms with Crippen LogP contribution in [-0.4, -0.2) is 29.1 Å². The Morgan fingerprint density at radius 1 is 0.950 bits per heavy atom. The van der Waals surface area contributed by atoms with Crippen molar-refractivity contribution in [3.05, 3.63) is 18.1 Å². The van der Waals surface area contributed by atoms with E-state index in [0.29, 0.717) is 12.0 Å². The molecule has 0 spiro atoms. The topological polar surface area (TPSA) is 55.0 Å². The zero-order valence-electron chi connectivity index (χ0n) is 12.3. The number of hydrogen-bond donors (Lipinski definition) is 1.